The van der Waals surface area contributed by atoms with Crippen LogP contribution in [0.3, 0.4) is 0 Å². The molecule has 98 valence electrons. The normalized spacial score (nSPS) is 16.1. The van der Waals surface area contributed by atoms with Crippen LogP contribution >= 0.6 is 0 Å². The van der Waals surface area contributed by atoms with Gasteiger partial charge in [0, 0.05) is 36.1 Å². The number of hydrogen-bond acceptors (Lipinski definition) is 2. The molecule has 2 aromatic rings. The number of amides is 1. The Kier molecular flexibility index (Phi) is 2.66. The third-order valence-electron chi connectivity index (χ3n) is 3.75. The van der Waals surface area contributed by atoms with E-state index in [1.165, 1.54) is 0 Å². The van der Waals surface area contributed by atoms with Crippen molar-refractivity contribution < 1.29 is 4.79 Å². The molecule has 0 unspecified atom stereocenters. The van der Waals surface area contributed by atoms with Crippen LogP contribution in [0, 0.1) is 5.41 Å². The summed E-state index contributed by atoms with van der Waals surface area (Å²) >= 11 is 0. The summed E-state index contributed by atoms with van der Waals surface area (Å²) in [6.45, 7) is 2.00. The summed E-state index contributed by atoms with van der Waals surface area (Å²) in [6, 6.07) is 7.81. The number of imidazole rings is 1. The van der Waals surface area contributed by atoms with Gasteiger partial charge >= 0.3 is 0 Å². The van der Waals surface area contributed by atoms with Crippen LogP contribution in [0.15, 0.2) is 36.7 Å². The predicted molar refractivity (Wildman–Crippen MR) is 74.6 cm³/mol. The molecule has 4 heteroatoms. The molecular formula is C15H17N3O. The van der Waals surface area contributed by atoms with Crippen molar-refractivity contribution in [3.63, 3.8) is 0 Å². The summed E-state index contributed by atoms with van der Waals surface area (Å²) in [5.41, 5.74) is 1.68. The molecule has 1 N–H and O–H groups in total. The van der Waals surface area contributed by atoms with Gasteiger partial charge in [0.1, 0.15) is 5.82 Å². The minimum atomic E-state index is -0.154. The first-order valence-corrected chi connectivity index (χ1v) is 6.48. The van der Waals surface area contributed by atoms with Gasteiger partial charge in [-0.2, -0.15) is 0 Å². The minimum absolute atomic E-state index is 0.115. The fourth-order valence-corrected chi connectivity index (χ4v) is 2.08. The van der Waals surface area contributed by atoms with Crippen LogP contribution in [-0.2, 0) is 11.8 Å². The van der Waals surface area contributed by atoms with Gasteiger partial charge in [-0.05, 0) is 25.0 Å². The average Bonchev–Trinajstić information content (AvgIpc) is 3.00. The molecule has 1 aliphatic rings. The van der Waals surface area contributed by atoms with Gasteiger partial charge < -0.3 is 9.88 Å². The molecule has 1 aromatic heterocycles. The highest BCUT2D eigenvalue weighted by Gasteiger charge is 2.44. The highest BCUT2D eigenvalue weighted by Crippen LogP contribution is 2.45. The smallest absolute Gasteiger partial charge is 0.230 e. The summed E-state index contributed by atoms with van der Waals surface area (Å²) in [6.07, 6.45) is 5.65. The Morgan fingerprint density at radius 1 is 1.42 bits per heavy atom. The number of nitrogens with one attached hydrogen (secondary N) is 1. The number of nitrogens with zero attached hydrogens (tertiary/aromatic N) is 2. The van der Waals surface area contributed by atoms with Crippen molar-refractivity contribution in [3.05, 3.63) is 36.7 Å². The molecule has 19 heavy (non-hydrogen) atoms. The average molecular weight is 255 g/mol. The Hall–Kier alpha value is -2.10. The van der Waals surface area contributed by atoms with Crippen molar-refractivity contribution in [2.45, 2.75) is 19.8 Å². The molecule has 1 aromatic carbocycles. The van der Waals surface area contributed by atoms with Crippen molar-refractivity contribution in [1.29, 1.82) is 0 Å². The molecule has 1 amide bonds. The Bertz CT molecular complexity index is 626. The van der Waals surface area contributed by atoms with E-state index in [2.05, 4.69) is 10.3 Å². The third-order valence-corrected chi connectivity index (χ3v) is 3.75. The van der Waals surface area contributed by atoms with Gasteiger partial charge in [-0.1, -0.05) is 19.1 Å². The SMILES string of the molecule is Cn1ccnc1-c1cccc(NC(=O)C2(C)CC2)c1. The van der Waals surface area contributed by atoms with Gasteiger partial charge in [-0.3, -0.25) is 4.79 Å². The lowest BCUT2D eigenvalue weighted by molar-refractivity contribution is -0.120. The van der Waals surface area contributed by atoms with E-state index in [0.29, 0.717) is 0 Å². The van der Waals surface area contributed by atoms with Crippen LogP contribution in [0.1, 0.15) is 19.8 Å². The zero-order valence-corrected chi connectivity index (χ0v) is 11.2. The highest BCUT2D eigenvalue weighted by molar-refractivity contribution is 5.97. The fraction of sp³-hybridized carbons (Fsp3) is 0.333. The van der Waals surface area contributed by atoms with E-state index >= 15 is 0 Å². The molecule has 1 fully saturated rings. The van der Waals surface area contributed by atoms with Crippen LogP contribution in [-0.4, -0.2) is 15.5 Å². The fourth-order valence-electron chi connectivity index (χ4n) is 2.08. The summed E-state index contributed by atoms with van der Waals surface area (Å²) in [5.74, 6) is 1.01. The van der Waals surface area contributed by atoms with Gasteiger partial charge in [0.05, 0.1) is 0 Å². The number of rotatable bonds is 3. The van der Waals surface area contributed by atoms with E-state index in [0.717, 1.165) is 29.9 Å². The van der Waals surface area contributed by atoms with Crippen molar-refractivity contribution >= 4 is 11.6 Å². The van der Waals surface area contributed by atoms with Crippen LogP contribution in [0.4, 0.5) is 5.69 Å². The zero-order chi connectivity index (χ0) is 13.5. The number of carbonyl (C=O) groups excluding carboxylic acids is 1. The number of carbonyl (C=O) groups is 1. The van der Waals surface area contributed by atoms with Crippen molar-refractivity contribution in [1.82, 2.24) is 9.55 Å². The quantitative estimate of drug-likeness (QED) is 0.916. The molecule has 4 nitrogen and oxygen atoms in total. The van der Waals surface area contributed by atoms with E-state index in [9.17, 15) is 4.79 Å². The van der Waals surface area contributed by atoms with Crippen LogP contribution in [0.25, 0.3) is 11.4 Å². The van der Waals surface area contributed by atoms with Crippen molar-refractivity contribution in [2.24, 2.45) is 12.5 Å². The molecule has 3 rings (SSSR count). The topological polar surface area (TPSA) is 46.9 Å². The number of benzene rings is 1. The summed E-state index contributed by atoms with van der Waals surface area (Å²) in [7, 11) is 1.96. The Morgan fingerprint density at radius 2 is 2.21 bits per heavy atom. The monoisotopic (exact) mass is 255 g/mol. The van der Waals surface area contributed by atoms with Gasteiger partial charge in [0.2, 0.25) is 5.91 Å². The molecule has 1 heterocycles. The first kappa shape index (κ1) is 12.0. The van der Waals surface area contributed by atoms with E-state index in [1.807, 2.05) is 49.0 Å². The van der Waals surface area contributed by atoms with E-state index in [1.54, 1.807) is 6.20 Å². The summed E-state index contributed by atoms with van der Waals surface area (Å²) in [5, 5.41) is 2.99. The maximum absolute atomic E-state index is 12.0. The highest BCUT2D eigenvalue weighted by atomic mass is 16.2. The van der Waals surface area contributed by atoms with E-state index < -0.39 is 0 Å². The second kappa shape index (κ2) is 4.23. The van der Waals surface area contributed by atoms with Gasteiger partial charge in [-0.25, -0.2) is 4.98 Å². The Balaban J connectivity index is 1.84. The Labute approximate surface area is 112 Å². The second-order valence-corrected chi connectivity index (χ2v) is 5.46. The number of aryl methyl sites for hydroxylation is 1. The van der Waals surface area contributed by atoms with Crippen LogP contribution in [0.5, 0.6) is 0 Å². The summed E-state index contributed by atoms with van der Waals surface area (Å²) in [4.78, 5) is 16.3. The predicted octanol–water partition coefficient (Wildman–Crippen LogP) is 2.83. The first-order chi connectivity index (χ1) is 9.08. The maximum Gasteiger partial charge on any atom is 0.230 e. The molecule has 0 saturated heterocycles. The van der Waals surface area contributed by atoms with E-state index in [4.69, 9.17) is 0 Å². The molecule has 0 radical (unpaired) electrons. The lowest BCUT2D eigenvalue weighted by atomic mass is 10.1. The first-order valence-electron chi connectivity index (χ1n) is 6.48. The van der Waals surface area contributed by atoms with Gasteiger partial charge in [0.15, 0.2) is 0 Å². The molecule has 1 aliphatic carbocycles. The largest absolute Gasteiger partial charge is 0.334 e. The Morgan fingerprint density at radius 3 is 2.84 bits per heavy atom. The lowest BCUT2D eigenvalue weighted by Gasteiger charge is -2.11. The van der Waals surface area contributed by atoms with Gasteiger partial charge in [-0.15, -0.1) is 0 Å². The second-order valence-electron chi connectivity index (χ2n) is 5.46. The molecule has 0 aliphatic heterocycles. The molecule has 0 spiro atoms. The minimum Gasteiger partial charge on any atom is -0.334 e. The van der Waals surface area contributed by atoms with Crippen molar-refractivity contribution in [2.75, 3.05) is 5.32 Å². The number of aromatic nitrogens is 2. The lowest BCUT2D eigenvalue weighted by Crippen LogP contribution is -2.21. The molecule has 0 atom stereocenters. The standard InChI is InChI=1S/C15H17N3O/c1-15(6-7-15)14(19)17-12-5-3-4-11(10-12)13-16-8-9-18(13)2/h3-5,8-10H,6-7H2,1-2H3,(H,17,19). The molecule has 0 bridgehead atoms. The molecular weight excluding hydrogens is 238 g/mol. The zero-order valence-electron chi connectivity index (χ0n) is 11.2. The maximum atomic E-state index is 12.0. The van der Waals surface area contributed by atoms with Crippen LogP contribution < -0.4 is 5.32 Å². The van der Waals surface area contributed by atoms with Crippen LogP contribution in [0.2, 0.25) is 0 Å². The summed E-state index contributed by atoms with van der Waals surface area (Å²) < 4.78 is 1.96. The van der Waals surface area contributed by atoms with E-state index in [-0.39, 0.29) is 11.3 Å². The van der Waals surface area contributed by atoms with Gasteiger partial charge in [0.25, 0.3) is 0 Å². The third kappa shape index (κ3) is 2.26. The number of anilines is 1. The van der Waals surface area contributed by atoms with Crippen molar-refractivity contribution in [3.8, 4) is 11.4 Å². The molecule has 1 saturated carbocycles. The number of hydrogen-bond donors (Lipinski definition) is 1.